The van der Waals surface area contributed by atoms with Gasteiger partial charge >= 0.3 is 0 Å². The Labute approximate surface area is 144 Å². The molecule has 138 valence electrons. The van der Waals surface area contributed by atoms with Crippen molar-refractivity contribution in [2.24, 2.45) is 0 Å². The third-order valence-electron chi connectivity index (χ3n) is 3.81. The van der Waals surface area contributed by atoms with Crippen molar-refractivity contribution in [1.82, 2.24) is 9.88 Å². The molecule has 2 rings (SSSR count). The quantitative estimate of drug-likeness (QED) is 0.788. The van der Waals surface area contributed by atoms with Crippen molar-refractivity contribution in [3.05, 3.63) is 17.8 Å². The lowest BCUT2D eigenvalue weighted by atomic mass is 10.2. The SMILES string of the molecule is CCCN(CC(F)F)C(=O)c1cc2c(OC)cc(OC)c(OC)c2[nH]1. The van der Waals surface area contributed by atoms with E-state index >= 15 is 0 Å². The average Bonchev–Trinajstić information content (AvgIpc) is 3.03. The summed E-state index contributed by atoms with van der Waals surface area (Å²) in [7, 11) is 4.46. The van der Waals surface area contributed by atoms with E-state index in [0.717, 1.165) is 4.90 Å². The molecule has 0 aliphatic rings. The molecule has 1 amide bonds. The molecule has 0 fully saturated rings. The van der Waals surface area contributed by atoms with Crippen molar-refractivity contribution in [2.45, 2.75) is 19.8 Å². The number of halogens is 2. The first-order valence-corrected chi connectivity index (χ1v) is 7.85. The van der Waals surface area contributed by atoms with Gasteiger partial charge in [0.2, 0.25) is 0 Å². The fourth-order valence-corrected chi connectivity index (χ4v) is 2.73. The van der Waals surface area contributed by atoms with Crippen molar-refractivity contribution in [1.29, 1.82) is 0 Å². The molecular weight excluding hydrogens is 334 g/mol. The van der Waals surface area contributed by atoms with Crippen molar-refractivity contribution in [3.8, 4) is 17.2 Å². The van der Waals surface area contributed by atoms with E-state index in [-0.39, 0.29) is 12.2 Å². The van der Waals surface area contributed by atoms with Crippen LogP contribution in [0.5, 0.6) is 17.2 Å². The van der Waals surface area contributed by atoms with Crippen molar-refractivity contribution in [2.75, 3.05) is 34.4 Å². The van der Waals surface area contributed by atoms with E-state index in [4.69, 9.17) is 14.2 Å². The molecule has 0 radical (unpaired) electrons. The van der Waals surface area contributed by atoms with Crippen LogP contribution in [0.15, 0.2) is 12.1 Å². The lowest BCUT2D eigenvalue weighted by Gasteiger charge is -2.20. The molecule has 1 N–H and O–H groups in total. The summed E-state index contributed by atoms with van der Waals surface area (Å²) in [5.41, 5.74) is 0.699. The number of rotatable bonds is 8. The molecule has 0 saturated carbocycles. The molecule has 0 atom stereocenters. The zero-order valence-electron chi connectivity index (χ0n) is 14.7. The van der Waals surface area contributed by atoms with E-state index < -0.39 is 18.9 Å². The first-order valence-electron chi connectivity index (χ1n) is 7.85. The molecule has 8 heteroatoms. The fraction of sp³-hybridized carbons (Fsp3) is 0.471. The summed E-state index contributed by atoms with van der Waals surface area (Å²) in [6.07, 6.45) is -2.01. The number of hydrogen-bond acceptors (Lipinski definition) is 4. The summed E-state index contributed by atoms with van der Waals surface area (Å²) < 4.78 is 41.5. The maximum absolute atomic E-state index is 12.8. The Morgan fingerprint density at radius 2 is 1.84 bits per heavy atom. The van der Waals surface area contributed by atoms with Crippen LogP contribution in [-0.4, -0.2) is 56.6 Å². The summed E-state index contributed by atoms with van der Waals surface area (Å²) in [6, 6.07) is 3.22. The van der Waals surface area contributed by atoms with Crippen LogP contribution in [0.3, 0.4) is 0 Å². The second kappa shape index (κ2) is 8.04. The second-order valence-electron chi connectivity index (χ2n) is 5.43. The monoisotopic (exact) mass is 356 g/mol. The van der Waals surface area contributed by atoms with Crippen molar-refractivity contribution < 1.29 is 27.8 Å². The largest absolute Gasteiger partial charge is 0.496 e. The minimum Gasteiger partial charge on any atom is -0.496 e. The molecular formula is C17H22F2N2O4. The van der Waals surface area contributed by atoms with Crippen LogP contribution in [0.1, 0.15) is 23.8 Å². The number of aromatic nitrogens is 1. The Hall–Kier alpha value is -2.51. The number of aromatic amines is 1. The van der Waals surface area contributed by atoms with Crippen LogP contribution in [0.4, 0.5) is 8.78 Å². The topological polar surface area (TPSA) is 63.8 Å². The van der Waals surface area contributed by atoms with Gasteiger partial charge in [-0.1, -0.05) is 6.92 Å². The first kappa shape index (κ1) is 18.8. The molecule has 1 aromatic heterocycles. The number of carbonyl (C=O) groups excluding carboxylic acids is 1. The molecule has 2 aromatic rings. The van der Waals surface area contributed by atoms with Crippen LogP contribution in [0.25, 0.3) is 10.9 Å². The van der Waals surface area contributed by atoms with Crippen LogP contribution < -0.4 is 14.2 Å². The average molecular weight is 356 g/mol. The van der Waals surface area contributed by atoms with Gasteiger partial charge in [0.15, 0.2) is 11.5 Å². The molecule has 0 aliphatic heterocycles. The van der Waals surface area contributed by atoms with E-state index in [1.165, 1.54) is 21.3 Å². The van der Waals surface area contributed by atoms with Gasteiger partial charge in [0.25, 0.3) is 12.3 Å². The molecule has 0 saturated heterocycles. The highest BCUT2D eigenvalue weighted by molar-refractivity contribution is 6.02. The van der Waals surface area contributed by atoms with E-state index in [1.54, 1.807) is 12.1 Å². The number of nitrogens with zero attached hydrogens (tertiary/aromatic N) is 1. The molecule has 0 bridgehead atoms. The number of carbonyl (C=O) groups is 1. The number of fused-ring (bicyclic) bond motifs is 1. The zero-order valence-corrected chi connectivity index (χ0v) is 14.7. The number of H-pyrrole nitrogens is 1. The van der Waals surface area contributed by atoms with Gasteiger partial charge in [0, 0.05) is 18.0 Å². The first-order chi connectivity index (χ1) is 12.0. The van der Waals surface area contributed by atoms with Crippen molar-refractivity contribution in [3.63, 3.8) is 0 Å². The Balaban J connectivity index is 2.53. The third-order valence-corrected chi connectivity index (χ3v) is 3.81. The third kappa shape index (κ3) is 3.78. The number of hydrogen-bond donors (Lipinski definition) is 1. The number of nitrogens with one attached hydrogen (secondary N) is 1. The minimum atomic E-state index is -2.59. The number of methoxy groups -OCH3 is 3. The molecule has 0 unspecified atom stereocenters. The predicted octanol–water partition coefficient (Wildman–Crippen LogP) is 3.31. The van der Waals surface area contributed by atoms with Gasteiger partial charge in [0.05, 0.1) is 33.4 Å². The molecule has 1 heterocycles. The van der Waals surface area contributed by atoms with Gasteiger partial charge in [-0.15, -0.1) is 0 Å². The van der Waals surface area contributed by atoms with Crippen LogP contribution >= 0.6 is 0 Å². The van der Waals surface area contributed by atoms with Gasteiger partial charge in [0.1, 0.15) is 11.4 Å². The van der Waals surface area contributed by atoms with E-state index in [0.29, 0.717) is 34.6 Å². The molecule has 0 aliphatic carbocycles. The fourth-order valence-electron chi connectivity index (χ4n) is 2.73. The van der Waals surface area contributed by atoms with E-state index in [1.807, 2.05) is 6.92 Å². The van der Waals surface area contributed by atoms with E-state index in [2.05, 4.69) is 4.98 Å². The lowest BCUT2D eigenvalue weighted by Crippen LogP contribution is -2.35. The van der Waals surface area contributed by atoms with Gasteiger partial charge in [-0.3, -0.25) is 4.79 Å². The summed E-state index contributed by atoms with van der Waals surface area (Å²) in [5, 5.41) is 0.608. The smallest absolute Gasteiger partial charge is 0.270 e. The number of amides is 1. The number of benzene rings is 1. The molecule has 0 spiro atoms. The Kier molecular flexibility index (Phi) is 6.06. The van der Waals surface area contributed by atoms with Crippen LogP contribution in [0.2, 0.25) is 0 Å². The summed E-state index contributed by atoms with van der Waals surface area (Å²) >= 11 is 0. The minimum absolute atomic E-state index is 0.189. The zero-order chi connectivity index (χ0) is 18.6. The summed E-state index contributed by atoms with van der Waals surface area (Å²) in [4.78, 5) is 16.7. The second-order valence-corrected chi connectivity index (χ2v) is 5.43. The van der Waals surface area contributed by atoms with Gasteiger partial charge in [-0.05, 0) is 12.5 Å². The molecule has 6 nitrogen and oxygen atoms in total. The maximum Gasteiger partial charge on any atom is 0.270 e. The van der Waals surface area contributed by atoms with E-state index in [9.17, 15) is 13.6 Å². The summed E-state index contributed by atoms with van der Waals surface area (Å²) in [6.45, 7) is 1.46. The van der Waals surface area contributed by atoms with Crippen LogP contribution in [-0.2, 0) is 0 Å². The Morgan fingerprint density at radius 1 is 1.16 bits per heavy atom. The van der Waals surface area contributed by atoms with Crippen molar-refractivity contribution >= 4 is 16.8 Å². The highest BCUT2D eigenvalue weighted by Crippen LogP contribution is 2.41. The highest BCUT2D eigenvalue weighted by Gasteiger charge is 2.24. The van der Waals surface area contributed by atoms with Gasteiger partial charge in [-0.25, -0.2) is 8.78 Å². The van der Waals surface area contributed by atoms with Gasteiger partial charge < -0.3 is 24.1 Å². The standard InChI is InChI=1S/C17H22F2N2O4/c1-5-6-21(9-14(18)19)17(22)11-7-10-12(23-2)8-13(24-3)16(25-4)15(10)20-11/h7-8,14,20H,5-6,9H2,1-4H3. The number of ether oxygens (including phenoxy) is 3. The highest BCUT2D eigenvalue weighted by atomic mass is 19.3. The molecule has 25 heavy (non-hydrogen) atoms. The number of alkyl halides is 2. The molecule has 1 aromatic carbocycles. The normalized spacial score (nSPS) is 11.0. The Bertz CT molecular complexity index is 746. The maximum atomic E-state index is 12.8. The Morgan fingerprint density at radius 3 is 2.36 bits per heavy atom. The van der Waals surface area contributed by atoms with Gasteiger partial charge in [-0.2, -0.15) is 0 Å². The summed E-state index contributed by atoms with van der Waals surface area (Å²) in [5.74, 6) is 0.833. The predicted molar refractivity (Wildman–Crippen MR) is 90.2 cm³/mol. The van der Waals surface area contributed by atoms with Crippen LogP contribution in [0, 0.1) is 0 Å². The lowest BCUT2D eigenvalue weighted by molar-refractivity contribution is 0.0551.